The molecule has 0 spiro atoms. The Labute approximate surface area is 145 Å². The summed E-state index contributed by atoms with van der Waals surface area (Å²) in [5.41, 5.74) is 6.54. The Morgan fingerprint density at radius 2 is 1.70 bits per heavy atom. The number of benzene rings is 1. The first-order valence-electron chi connectivity index (χ1n) is 8.58. The fourth-order valence-electron chi connectivity index (χ4n) is 2.88. The molecule has 0 bridgehead atoms. The van der Waals surface area contributed by atoms with Crippen LogP contribution in [0.25, 0.3) is 0 Å². The highest BCUT2D eigenvalue weighted by atomic mass is 32.1. The second kappa shape index (κ2) is 7.91. The van der Waals surface area contributed by atoms with Gasteiger partial charge in [-0.3, -0.25) is 5.43 Å². The molecule has 0 saturated heterocycles. The summed E-state index contributed by atoms with van der Waals surface area (Å²) >= 11 is 5.34. The summed E-state index contributed by atoms with van der Waals surface area (Å²) in [5, 5.41) is 8.41. The number of nitrogens with zero attached hydrogens (tertiary/aromatic N) is 1. The molecule has 0 amide bonds. The summed E-state index contributed by atoms with van der Waals surface area (Å²) in [6.07, 6.45) is 6.35. The molecule has 0 unspecified atom stereocenters. The molecule has 0 radical (unpaired) electrons. The van der Waals surface area contributed by atoms with Crippen molar-refractivity contribution in [1.29, 1.82) is 0 Å². The zero-order valence-electron chi connectivity index (χ0n) is 14.8. The van der Waals surface area contributed by atoms with E-state index in [1.165, 1.54) is 37.7 Å². The molecule has 0 aromatic heterocycles. The van der Waals surface area contributed by atoms with Crippen LogP contribution in [0.4, 0.5) is 0 Å². The van der Waals surface area contributed by atoms with Gasteiger partial charge in [-0.05, 0) is 48.5 Å². The predicted molar refractivity (Wildman–Crippen MR) is 103 cm³/mol. The summed E-state index contributed by atoms with van der Waals surface area (Å²) in [7, 11) is 0. The number of thiocarbonyl (C=S) groups is 1. The topological polar surface area (TPSA) is 36.4 Å². The first kappa shape index (κ1) is 17.9. The Morgan fingerprint density at radius 3 is 2.26 bits per heavy atom. The second-order valence-corrected chi connectivity index (χ2v) is 7.85. The van der Waals surface area contributed by atoms with Gasteiger partial charge in [0.25, 0.3) is 0 Å². The van der Waals surface area contributed by atoms with Gasteiger partial charge in [-0.1, -0.05) is 64.3 Å². The number of rotatable bonds is 3. The van der Waals surface area contributed by atoms with Crippen LogP contribution in [0.5, 0.6) is 0 Å². The van der Waals surface area contributed by atoms with Crippen molar-refractivity contribution >= 4 is 23.0 Å². The van der Waals surface area contributed by atoms with Crippen molar-refractivity contribution in [3.8, 4) is 0 Å². The number of hydrazone groups is 1. The Bertz CT molecular complexity index is 549. The van der Waals surface area contributed by atoms with Crippen molar-refractivity contribution in [2.75, 3.05) is 0 Å². The maximum Gasteiger partial charge on any atom is 0.187 e. The summed E-state index contributed by atoms with van der Waals surface area (Å²) < 4.78 is 0. The van der Waals surface area contributed by atoms with E-state index in [1.54, 1.807) is 0 Å². The number of hydrogen-bond donors (Lipinski definition) is 2. The van der Waals surface area contributed by atoms with Crippen LogP contribution in [0.15, 0.2) is 29.4 Å². The molecule has 2 rings (SSSR count). The third-order valence-corrected chi connectivity index (χ3v) is 4.64. The van der Waals surface area contributed by atoms with Gasteiger partial charge in [0.2, 0.25) is 0 Å². The first-order chi connectivity index (χ1) is 10.9. The summed E-state index contributed by atoms with van der Waals surface area (Å²) in [6, 6.07) is 9.10. The average molecular weight is 332 g/mol. The van der Waals surface area contributed by atoms with E-state index in [9.17, 15) is 0 Å². The minimum Gasteiger partial charge on any atom is -0.359 e. The molecule has 1 aliphatic carbocycles. The highest BCUT2D eigenvalue weighted by Crippen LogP contribution is 2.22. The molecule has 1 aromatic carbocycles. The van der Waals surface area contributed by atoms with Crippen LogP contribution in [-0.4, -0.2) is 16.9 Å². The van der Waals surface area contributed by atoms with Crippen LogP contribution in [0, 0.1) is 0 Å². The Kier molecular flexibility index (Phi) is 6.17. The van der Waals surface area contributed by atoms with Crippen molar-refractivity contribution in [2.45, 2.75) is 71.3 Å². The average Bonchev–Trinajstić information content (AvgIpc) is 2.53. The van der Waals surface area contributed by atoms with Gasteiger partial charge < -0.3 is 5.32 Å². The Morgan fingerprint density at radius 1 is 1.09 bits per heavy atom. The minimum atomic E-state index is 0.174. The van der Waals surface area contributed by atoms with Crippen LogP contribution in [0.2, 0.25) is 0 Å². The highest BCUT2D eigenvalue weighted by molar-refractivity contribution is 7.80. The fourth-order valence-corrected chi connectivity index (χ4v) is 3.09. The number of nitrogens with one attached hydrogen (secondary N) is 2. The smallest absolute Gasteiger partial charge is 0.187 e. The van der Waals surface area contributed by atoms with E-state index in [0.29, 0.717) is 11.2 Å². The van der Waals surface area contributed by atoms with Gasteiger partial charge in [-0.2, -0.15) is 5.10 Å². The summed E-state index contributed by atoms with van der Waals surface area (Å²) in [6.45, 7) is 8.67. The van der Waals surface area contributed by atoms with E-state index in [0.717, 1.165) is 11.3 Å². The predicted octanol–water partition coefficient (Wildman–Crippen LogP) is 4.50. The molecule has 0 aliphatic heterocycles. The van der Waals surface area contributed by atoms with E-state index >= 15 is 0 Å². The molecule has 0 atom stereocenters. The second-order valence-electron chi connectivity index (χ2n) is 7.44. The molecule has 1 aromatic rings. The van der Waals surface area contributed by atoms with Crippen LogP contribution in [0.1, 0.15) is 70.9 Å². The third-order valence-electron chi connectivity index (χ3n) is 4.43. The van der Waals surface area contributed by atoms with Crippen molar-refractivity contribution < 1.29 is 0 Å². The van der Waals surface area contributed by atoms with Gasteiger partial charge in [0, 0.05) is 6.04 Å². The normalized spacial score (nSPS) is 17.0. The van der Waals surface area contributed by atoms with E-state index in [2.05, 4.69) is 60.9 Å². The SMILES string of the molecule is C/C(=N\NC(=S)NC1CCCCC1)c1ccc(C(C)(C)C)cc1. The molecule has 1 aliphatic rings. The van der Waals surface area contributed by atoms with Crippen LogP contribution >= 0.6 is 12.2 Å². The fraction of sp³-hybridized carbons (Fsp3) is 0.579. The Hall–Kier alpha value is -1.42. The highest BCUT2D eigenvalue weighted by Gasteiger charge is 2.14. The molecule has 126 valence electrons. The van der Waals surface area contributed by atoms with Crippen molar-refractivity contribution in [3.63, 3.8) is 0 Å². The maximum atomic E-state index is 5.34. The number of hydrogen-bond acceptors (Lipinski definition) is 2. The van der Waals surface area contributed by atoms with Gasteiger partial charge in [-0.15, -0.1) is 0 Å². The lowest BCUT2D eigenvalue weighted by atomic mass is 9.86. The third kappa shape index (κ3) is 5.61. The lowest BCUT2D eigenvalue weighted by Crippen LogP contribution is -2.41. The summed E-state index contributed by atoms with van der Waals surface area (Å²) in [4.78, 5) is 0. The van der Waals surface area contributed by atoms with E-state index in [4.69, 9.17) is 12.2 Å². The molecule has 23 heavy (non-hydrogen) atoms. The molecule has 3 nitrogen and oxygen atoms in total. The van der Waals surface area contributed by atoms with Gasteiger partial charge in [0.1, 0.15) is 0 Å². The van der Waals surface area contributed by atoms with Crippen molar-refractivity contribution in [1.82, 2.24) is 10.7 Å². The monoisotopic (exact) mass is 331 g/mol. The lowest BCUT2D eigenvalue weighted by molar-refractivity contribution is 0.412. The van der Waals surface area contributed by atoms with E-state index in [-0.39, 0.29) is 5.41 Å². The van der Waals surface area contributed by atoms with Crippen LogP contribution in [-0.2, 0) is 5.41 Å². The van der Waals surface area contributed by atoms with Gasteiger partial charge in [0.15, 0.2) is 5.11 Å². The first-order valence-corrected chi connectivity index (χ1v) is 8.99. The van der Waals surface area contributed by atoms with Gasteiger partial charge in [0.05, 0.1) is 5.71 Å². The van der Waals surface area contributed by atoms with E-state index < -0.39 is 0 Å². The van der Waals surface area contributed by atoms with Crippen molar-refractivity contribution in [2.24, 2.45) is 5.10 Å². The van der Waals surface area contributed by atoms with E-state index in [1.807, 2.05) is 6.92 Å². The zero-order chi connectivity index (χ0) is 16.9. The quantitative estimate of drug-likeness (QED) is 0.486. The molecule has 1 saturated carbocycles. The molecule has 1 fully saturated rings. The molecule has 2 N–H and O–H groups in total. The minimum absolute atomic E-state index is 0.174. The van der Waals surface area contributed by atoms with Gasteiger partial charge >= 0.3 is 0 Å². The largest absolute Gasteiger partial charge is 0.359 e. The maximum absolute atomic E-state index is 5.34. The van der Waals surface area contributed by atoms with Gasteiger partial charge in [-0.25, -0.2) is 0 Å². The standard InChI is InChI=1S/C19H29N3S/c1-14(15-10-12-16(13-11-15)19(2,3)4)21-22-18(23)20-17-8-6-5-7-9-17/h10-13,17H,5-9H2,1-4H3,(H2,20,22,23)/b21-14+. The zero-order valence-corrected chi connectivity index (χ0v) is 15.6. The Balaban J connectivity index is 1.90. The molecular formula is C19H29N3S. The summed E-state index contributed by atoms with van der Waals surface area (Å²) in [5.74, 6) is 0. The van der Waals surface area contributed by atoms with Crippen LogP contribution in [0.3, 0.4) is 0 Å². The van der Waals surface area contributed by atoms with Crippen molar-refractivity contribution in [3.05, 3.63) is 35.4 Å². The molecular weight excluding hydrogens is 302 g/mol. The molecule has 4 heteroatoms. The van der Waals surface area contributed by atoms with Crippen LogP contribution < -0.4 is 10.7 Å². The molecule has 0 heterocycles. The lowest BCUT2D eigenvalue weighted by Gasteiger charge is -2.23.